The van der Waals surface area contributed by atoms with Crippen LogP contribution in [0.5, 0.6) is 0 Å². The summed E-state index contributed by atoms with van der Waals surface area (Å²) < 4.78 is 38.2. The van der Waals surface area contributed by atoms with Gasteiger partial charge >= 0.3 is 6.18 Å². The predicted molar refractivity (Wildman–Crippen MR) is 93.9 cm³/mol. The molecule has 0 aromatic heterocycles. The molecule has 2 aromatic rings. The van der Waals surface area contributed by atoms with E-state index in [-0.39, 0.29) is 16.5 Å². The van der Waals surface area contributed by atoms with E-state index in [9.17, 15) is 22.8 Å². The summed E-state index contributed by atoms with van der Waals surface area (Å²) in [4.78, 5) is 23.3. The molecule has 2 aromatic carbocycles. The summed E-state index contributed by atoms with van der Waals surface area (Å²) >= 11 is 5.86. The molecule has 136 valence electrons. The van der Waals surface area contributed by atoms with Crippen LogP contribution in [0, 0.1) is 0 Å². The molecular weight excluding hydrogens is 369 g/mol. The van der Waals surface area contributed by atoms with Gasteiger partial charge in [0.1, 0.15) is 0 Å². The molecule has 0 radical (unpaired) electrons. The molecule has 26 heavy (non-hydrogen) atoms. The van der Waals surface area contributed by atoms with Crippen molar-refractivity contribution in [2.24, 2.45) is 0 Å². The van der Waals surface area contributed by atoms with Crippen molar-refractivity contribution < 1.29 is 22.8 Å². The lowest BCUT2D eigenvalue weighted by Gasteiger charge is -2.08. The lowest BCUT2D eigenvalue weighted by molar-refractivity contribution is -0.137. The van der Waals surface area contributed by atoms with Crippen molar-refractivity contribution in [1.29, 1.82) is 0 Å². The van der Waals surface area contributed by atoms with Crippen molar-refractivity contribution in [3.05, 3.63) is 70.3 Å². The fraction of sp³-hybridized carbons (Fsp3) is 0.111. The highest BCUT2D eigenvalue weighted by molar-refractivity contribution is 6.32. The van der Waals surface area contributed by atoms with Gasteiger partial charge in [-0.05, 0) is 54.1 Å². The molecule has 0 fully saturated rings. The minimum absolute atomic E-state index is 0.0756. The average Bonchev–Trinajstić information content (AvgIpc) is 2.60. The maximum absolute atomic E-state index is 12.7. The molecule has 0 aliphatic heterocycles. The quantitative estimate of drug-likeness (QED) is 0.771. The second-order valence-electron chi connectivity index (χ2n) is 5.21. The molecule has 2 amide bonds. The number of halogens is 4. The van der Waals surface area contributed by atoms with Crippen molar-refractivity contribution in [3.8, 4) is 0 Å². The maximum atomic E-state index is 12.7. The summed E-state index contributed by atoms with van der Waals surface area (Å²) in [6.45, 7) is 0. The van der Waals surface area contributed by atoms with Crippen LogP contribution in [0.15, 0.2) is 48.5 Å². The summed E-state index contributed by atoms with van der Waals surface area (Å²) in [5, 5.41) is 5.10. The molecule has 0 aliphatic carbocycles. The SMILES string of the molecule is CNC(=O)c1ccc(NC(=O)/C=C/c2cc(C(F)(F)F)ccc2Cl)cc1. The van der Waals surface area contributed by atoms with Gasteiger partial charge in [0.15, 0.2) is 0 Å². The van der Waals surface area contributed by atoms with Gasteiger partial charge in [0.05, 0.1) is 5.56 Å². The van der Waals surface area contributed by atoms with E-state index in [1.807, 2.05) is 0 Å². The topological polar surface area (TPSA) is 58.2 Å². The molecule has 4 nitrogen and oxygen atoms in total. The van der Waals surface area contributed by atoms with Crippen LogP contribution in [-0.4, -0.2) is 18.9 Å². The predicted octanol–water partition coefficient (Wildman–Crippen LogP) is 4.37. The van der Waals surface area contributed by atoms with E-state index >= 15 is 0 Å². The average molecular weight is 383 g/mol. The Hall–Kier alpha value is -2.80. The van der Waals surface area contributed by atoms with E-state index in [2.05, 4.69) is 10.6 Å². The van der Waals surface area contributed by atoms with Gasteiger partial charge in [-0.1, -0.05) is 11.6 Å². The van der Waals surface area contributed by atoms with Crippen LogP contribution in [-0.2, 0) is 11.0 Å². The second kappa shape index (κ2) is 8.05. The number of carbonyl (C=O) groups excluding carboxylic acids is 2. The Bertz CT molecular complexity index is 847. The summed E-state index contributed by atoms with van der Waals surface area (Å²) in [7, 11) is 1.50. The first-order valence-corrected chi connectivity index (χ1v) is 7.76. The molecule has 0 unspecified atom stereocenters. The Morgan fingerprint density at radius 1 is 1.08 bits per heavy atom. The molecular formula is C18H14ClF3N2O2. The zero-order valence-corrected chi connectivity index (χ0v) is 14.3. The fourth-order valence-electron chi connectivity index (χ4n) is 2.05. The number of nitrogens with one attached hydrogen (secondary N) is 2. The summed E-state index contributed by atoms with van der Waals surface area (Å²) in [6.07, 6.45) is -2.22. The van der Waals surface area contributed by atoms with Crippen molar-refractivity contribution in [2.45, 2.75) is 6.18 Å². The smallest absolute Gasteiger partial charge is 0.355 e. The van der Waals surface area contributed by atoms with Gasteiger partial charge in [0.2, 0.25) is 5.91 Å². The van der Waals surface area contributed by atoms with Crippen LogP contribution >= 0.6 is 11.6 Å². The van der Waals surface area contributed by atoms with Crippen molar-refractivity contribution in [3.63, 3.8) is 0 Å². The molecule has 0 spiro atoms. The molecule has 2 N–H and O–H groups in total. The minimum atomic E-state index is -4.50. The number of amides is 2. The van der Waals surface area contributed by atoms with Gasteiger partial charge in [-0.2, -0.15) is 13.2 Å². The number of anilines is 1. The van der Waals surface area contributed by atoms with E-state index in [1.54, 1.807) is 0 Å². The molecule has 0 heterocycles. The van der Waals surface area contributed by atoms with Gasteiger partial charge in [-0.3, -0.25) is 9.59 Å². The minimum Gasteiger partial charge on any atom is -0.355 e. The zero-order valence-electron chi connectivity index (χ0n) is 13.5. The Kier molecular flexibility index (Phi) is 6.05. The van der Waals surface area contributed by atoms with Crippen LogP contribution in [0.25, 0.3) is 6.08 Å². The summed E-state index contributed by atoms with van der Waals surface area (Å²) in [6, 6.07) is 8.99. The molecule has 0 saturated carbocycles. The van der Waals surface area contributed by atoms with Gasteiger partial charge in [-0.25, -0.2) is 0 Å². The van der Waals surface area contributed by atoms with Crippen LogP contribution in [0.4, 0.5) is 18.9 Å². The highest BCUT2D eigenvalue weighted by atomic mass is 35.5. The molecule has 0 aliphatic rings. The van der Waals surface area contributed by atoms with E-state index < -0.39 is 17.6 Å². The number of alkyl halides is 3. The standard InChI is InChI=1S/C18H14ClF3N2O2/c1-23-17(26)11-2-6-14(7-3-11)24-16(25)9-4-12-10-13(18(20,21)22)5-8-15(12)19/h2-10H,1H3,(H,23,26)(H,24,25)/b9-4+. The number of hydrogen-bond acceptors (Lipinski definition) is 2. The van der Waals surface area contributed by atoms with E-state index in [1.165, 1.54) is 37.4 Å². The lowest BCUT2D eigenvalue weighted by atomic mass is 10.1. The van der Waals surface area contributed by atoms with Gasteiger partial charge < -0.3 is 10.6 Å². The third-order valence-electron chi connectivity index (χ3n) is 3.38. The number of hydrogen-bond donors (Lipinski definition) is 2. The maximum Gasteiger partial charge on any atom is 0.416 e. The summed E-state index contributed by atoms with van der Waals surface area (Å²) in [5.74, 6) is -0.812. The molecule has 0 saturated heterocycles. The Morgan fingerprint density at radius 3 is 2.31 bits per heavy atom. The van der Waals surface area contributed by atoms with E-state index in [4.69, 9.17) is 11.6 Å². The molecule has 0 bridgehead atoms. The summed E-state index contributed by atoms with van der Waals surface area (Å²) in [5.41, 5.74) is 0.0811. The normalized spacial score (nSPS) is 11.4. The second-order valence-corrected chi connectivity index (χ2v) is 5.62. The van der Waals surface area contributed by atoms with E-state index in [0.29, 0.717) is 11.3 Å². The number of benzene rings is 2. The first-order chi connectivity index (χ1) is 12.2. The Morgan fingerprint density at radius 2 is 1.73 bits per heavy atom. The molecule has 0 atom stereocenters. The van der Waals surface area contributed by atoms with E-state index in [0.717, 1.165) is 24.3 Å². The third kappa shape index (κ3) is 5.10. The molecule has 2 rings (SSSR count). The first-order valence-electron chi connectivity index (χ1n) is 7.38. The van der Waals surface area contributed by atoms with Crippen LogP contribution in [0.1, 0.15) is 21.5 Å². The van der Waals surface area contributed by atoms with Gasteiger partial charge in [0.25, 0.3) is 5.91 Å². The van der Waals surface area contributed by atoms with Crippen LogP contribution < -0.4 is 10.6 Å². The number of carbonyl (C=O) groups is 2. The fourth-order valence-corrected chi connectivity index (χ4v) is 2.23. The van der Waals surface area contributed by atoms with Gasteiger partial charge in [0, 0.05) is 29.4 Å². The van der Waals surface area contributed by atoms with Gasteiger partial charge in [-0.15, -0.1) is 0 Å². The Balaban J connectivity index is 2.09. The lowest BCUT2D eigenvalue weighted by Crippen LogP contribution is -2.17. The highest BCUT2D eigenvalue weighted by Crippen LogP contribution is 2.32. The van der Waals surface area contributed by atoms with Crippen LogP contribution in [0.2, 0.25) is 5.02 Å². The first kappa shape index (κ1) is 19.5. The van der Waals surface area contributed by atoms with Crippen molar-refractivity contribution >= 4 is 35.2 Å². The zero-order chi connectivity index (χ0) is 19.3. The third-order valence-corrected chi connectivity index (χ3v) is 3.72. The van der Waals surface area contributed by atoms with Crippen molar-refractivity contribution in [2.75, 3.05) is 12.4 Å². The number of rotatable bonds is 4. The largest absolute Gasteiger partial charge is 0.416 e. The highest BCUT2D eigenvalue weighted by Gasteiger charge is 2.30. The Labute approximate surface area is 152 Å². The van der Waals surface area contributed by atoms with Crippen LogP contribution in [0.3, 0.4) is 0 Å². The van der Waals surface area contributed by atoms with Crippen molar-refractivity contribution in [1.82, 2.24) is 5.32 Å². The molecule has 8 heteroatoms. The monoisotopic (exact) mass is 382 g/mol.